The Morgan fingerprint density at radius 3 is 2.65 bits per heavy atom. The average molecular weight is 309 g/mol. The third-order valence-electron chi connectivity index (χ3n) is 3.55. The largest absolute Gasteiger partial charge is 0.375 e. The third kappa shape index (κ3) is 3.01. The Morgan fingerprint density at radius 1 is 1.25 bits per heavy atom. The molecule has 1 saturated heterocycles. The predicted octanol–water partition coefficient (Wildman–Crippen LogP) is 1.90. The number of anilines is 1. The van der Waals surface area contributed by atoms with E-state index < -0.39 is 0 Å². The molecule has 0 radical (unpaired) electrons. The summed E-state index contributed by atoms with van der Waals surface area (Å²) < 4.78 is 0. The molecule has 1 aliphatic heterocycles. The molecule has 108 valence electrons. The van der Waals surface area contributed by atoms with Gasteiger partial charge in [-0.25, -0.2) is 9.97 Å². The second-order valence-corrected chi connectivity index (χ2v) is 7.15. The van der Waals surface area contributed by atoms with Crippen LogP contribution in [0.1, 0.15) is 10.7 Å². The van der Waals surface area contributed by atoms with E-state index in [-0.39, 0.29) is 0 Å². The molecule has 2 aromatic rings. The minimum Gasteiger partial charge on any atom is -0.375 e. The van der Waals surface area contributed by atoms with Gasteiger partial charge >= 0.3 is 0 Å². The molecule has 1 fully saturated rings. The normalized spacial score (nSPS) is 17.7. The number of piperazine rings is 1. The highest BCUT2D eigenvalue weighted by molar-refractivity contribution is 7.16. The van der Waals surface area contributed by atoms with Gasteiger partial charge < -0.3 is 10.6 Å². The lowest BCUT2D eigenvalue weighted by molar-refractivity contribution is 0.148. The molecule has 0 spiro atoms. The molecule has 0 bridgehead atoms. The van der Waals surface area contributed by atoms with Crippen molar-refractivity contribution < 1.29 is 0 Å². The van der Waals surface area contributed by atoms with Gasteiger partial charge in [0.25, 0.3) is 0 Å². The number of likely N-dealkylation sites (N-methyl/N-ethyl adjacent to an activating group) is 1. The molecule has 7 heteroatoms. The van der Waals surface area contributed by atoms with Gasteiger partial charge in [0.2, 0.25) is 0 Å². The number of aryl methyl sites for hydroxylation is 1. The van der Waals surface area contributed by atoms with Crippen LogP contribution >= 0.6 is 22.7 Å². The highest BCUT2D eigenvalue weighted by atomic mass is 32.1. The smallest absolute Gasteiger partial charge is 0.180 e. The predicted molar refractivity (Wildman–Crippen MR) is 85.1 cm³/mol. The number of rotatable bonds is 3. The summed E-state index contributed by atoms with van der Waals surface area (Å²) in [5, 5.41) is 3.80. The maximum absolute atomic E-state index is 5.71. The second-order valence-electron chi connectivity index (χ2n) is 5.17. The Labute approximate surface area is 127 Å². The van der Waals surface area contributed by atoms with E-state index in [1.54, 1.807) is 11.3 Å². The van der Waals surface area contributed by atoms with Crippen molar-refractivity contribution in [3.8, 4) is 10.6 Å². The van der Waals surface area contributed by atoms with Gasteiger partial charge in [-0.2, -0.15) is 0 Å². The Balaban J connectivity index is 1.72. The van der Waals surface area contributed by atoms with Crippen molar-refractivity contribution in [1.29, 1.82) is 0 Å². The first-order valence-electron chi connectivity index (χ1n) is 6.70. The quantitative estimate of drug-likeness (QED) is 0.938. The van der Waals surface area contributed by atoms with Gasteiger partial charge in [-0.1, -0.05) is 0 Å². The fourth-order valence-electron chi connectivity index (χ4n) is 2.35. The van der Waals surface area contributed by atoms with Gasteiger partial charge in [0.05, 0.1) is 22.8 Å². The fourth-order valence-corrected chi connectivity index (χ4v) is 4.04. The van der Waals surface area contributed by atoms with Gasteiger partial charge in [-0.15, -0.1) is 22.7 Å². The molecule has 5 nitrogen and oxygen atoms in total. The Hall–Kier alpha value is -1.02. The molecule has 0 aliphatic carbocycles. The van der Waals surface area contributed by atoms with E-state index in [0.717, 1.165) is 49.0 Å². The van der Waals surface area contributed by atoms with Crippen LogP contribution in [-0.4, -0.2) is 53.0 Å². The molecular formula is C13H19N5S2. The van der Waals surface area contributed by atoms with Crippen molar-refractivity contribution in [2.75, 3.05) is 39.0 Å². The minimum absolute atomic E-state index is 0.619. The van der Waals surface area contributed by atoms with Crippen molar-refractivity contribution >= 4 is 27.8 Å². The Bertz CT molecular complexity index is 583. The first-order chi connectivity index (χ1) is 9.61. The summed E-state index contributed by atoms with van der Waals surface area (Å²) in [4.78, 5) is 15.0. The molecule has 3 heterocycles. The summed E-state index contributed by atoms with van der Waals surface area (Å²) in [6.45, 7) is 7.51. The highest BCUT2D eigenvalue weighted by Crippen LogP contribution is 2.32. The first-order valence-corrected chi connectivity index (χ1v) is 8.40. The number of nitrogens with zero attached hydrogens (tertiary/aromatic N) is 4. The van der Waals surface area contributed by atoms with Crippen LogP contribution < -0.4 is 5.73 Å². The summed E-state index contributed by atoms with van der Waals surface area (Å²) in [7, 11) is 2.18. The standard InChI is InChI=1S/C13H19N5S2/c1-9-12(10-8-19-13(14)16-10)20-11(15-9)7-18-5-3-17(2)4-6-18/h8H,3-7H2,1-2H3,(H2,14,16). The van der Waals surface area contributed by atoms with E-state index >= 15 is 0 Å². The highest BCUT2D eigenvalue weighted by Gasteiger charge is 2.17. The summed E-state index contributed by atoms with van der Waals surface area (Å²) in [6, 6.07) is 0. The monoisotopic (exact) mass is 309 g/mol. The van der Waals surface area contributed by atoms with Crippen molar-refractivity contribution in [2.24, 2.45) is 0 Å². The maximum Gasteiger partial charge on any atom is 0.180 e. The average Bonchev–Trinajstić information content (AvgIpc) is 2.98. The van der Waals surface area contributed by atoms with Crippen molar-refractivity contribution in [3.05, 3.63) is 16.1 Å². The number of hydrogen-bond donors (Lipinski definition) is 1. The van der Waals surface area contributed by atoms with Gasteiger partial charge in [0.15, 0.2) is 5.13 Å². The van der Waals surface area contributed by atoms with Gasteiger partial charge in [-0.3, -0.25) is 4.90 Å². The lowest BCUT2D eigenvalue weighted by Gasteiger charge is -2.31. The molecule has 0 unspecified atom stereocenters. The van der Waals surface area contributed by atoms with Crippen LogP contribution in [0.25, 0.3) is 10.6 Å². The van der Waals surface area contributed by atoms with E-state index in [9.17, 15) is 0 Å². The van der Waals surface area contributed by atoms with Crippen LogP contribution in [0.2, 0.25) is 0 Å². The van der Waals surface area contributed by atoms with Gasteiger partial charge in [-0.05, 0) is 14.0 Å². The molecule has 0 atom stereocenters. The molecule has 0 saturated carbocycles. The van der Waals surface area contributed by atoms with Crippen molar-refractivity contribution in [1.82, 2.24) is 19.8 Å². The number of hydrogen-bond acceptors (Lipinski definition) is 7. The number of nitrogen functional groups attached to an aromatic ring is 1. The molecule has 20 heavy (non-hydrogen) atoms. The zero-order valence-electron chi connectivity index (χ0n) is 11.8. The first kappa shape index (κ1) is 13.9. The minimum atomic E-state index is 0.619. The van der Waals surface area contributed by atoms with Gasteiger partial charge in [0.1, 0.15) is 5.01 Å². The van der Waals surface area contributed by atoms with Crippen LogP contribution in [0, 0.1) is 6.92 Å². The van der Waals surface area contributed by atoms with Crippen LogP contribution in [0.3, 0.4) is 0 Å². The van der Waals surface area contributed by atoms with Crippen LogP contribution in [0.4, 0.5) is 5.13 Å². The molecule has 2 aromatic heterocycles. The van der Waals surface area contributed by atoms with Crippen molar-refractivity contribution in [2.45, 2.75) is 13.5 Å². The fraction of sp³-hybridized carbons (Fsp3) is 0.538. The van der Waals surface area contributed by atoms with E-state index in [0.29, 0.717) is 5.13 Å². The third-order valence-corrected chi connectivity index (χ3v) is 5.39. The summed E-state index contributed by atoms with van der Waals surface area (Å²) in [6.07, 6.45) is 0. The maximum atomic E-state index is 5.71. The molecule has 1 aliphatic rings. The number of nitrogens with two attached hydrogens (primary N) is 1. The topological polar surface area (TPSA) is 58.3 Å². The molecule has 3 rings (SSSR count). The Morgan fingerprint density at radius 2 is 2.00 bits per heavy atom. The summed E-state index contributed by atoms with van der Waals surface area (Å²) in [5.41, 5.74) is 7.74. The van der Waals surface area contributed by atoms with Crippen LogP contribution in [0.15, 0.2) is 5.38 Å². The molecule has 0 aromatic carbocycles. The zero-order chi connectivity index (χ0) is 14.1. The number of aromatic nitrogens is 2. The molecular weight excluding hydrogens is 290 g/mol. The zero-order valence-corrected chi connectivity index (χ0v) is 13.4. The van der Waals surface area contributed by atoms with E-state index in [1.807, 2.05) is 5.38 Å². The van der Waals surface area contributed by atoms with E-state index in [1.165, 1.54) is 16.3 Å². The molecule has 2 N–H and O–H groups in total. The van der Waals surface area contributed by atoms with E-state index in [4.69, 9.17) is 10.7 Å². The summed E-state index contributed by atoms with van der Waals surface area (Å²) in [5.74, 6) is 0. The second kappa shape index (κ2) is 5.77. The van der Waals surface area contributed by atoms with Gasteiger partial charge in [0, 0.05) is 31.6 Å². The Kier molecular flexibility index (Phi) is 4.02. The van der Waals surface area contributed by atoms with Crippen LogP contribution in [-0.2, 0) is 6.54 Å². The SMILES string of the molecule is Cc1nc(CN2CCN(C)CC2)sc1-c1csc(N)n1. The lowest BCUT2D eigenvalue weighted by atomic mass is 10.3. The number of thiazole rings is 2. The van der Waals surface area contributed by atoms with Crippen molar-refractivity contribution in [3.63, 3.8) is 0 Å². The summed E-state index contributed by atoms with van der Waals surface area (Å²) >= 11 is 3.23. The lowest BCUT2D eigenvalue weighted by Crippen LogP contribution is -2.43. The van der Waals surface area contributed by atoms with Crippen LogP contribution in [0.5, 0.6) is 0 Å². The molecule has 0 amide bonds. The van der Waals surface area contributed by atoms with E-state index in [2.05, 4.69) is 28.8 Å².